The second-order valence-corrected chi connectivity index (χ2v) is 7.44. The van der Waals surface area contributed by atoms with Crippen molar-refractivity contribution in [3.05, 3.63) is 59.4 Å². The Morgan fingerprint density at radius 3 is 2.79 bits per heavy atom. The van der Waals surface area contributed by atoms with Crippen LogP contribution in [-0.2, 0) is 25.8 Å². The number of nitrogens with zero attached hydrogens (tertiary/aromatic N) is 3. The van der Waals surface area contributed by atoms with Crippen LogP contribution in [-0.4, -0.2) is 54.4 Å². The molecular weight excluding hydrogens is 352 g/mol. The number of benzene rings is 1. The molecule has 1 aromatic heterocycles. The first-order chi connectivity index (χ1) is 13.5. The summed E-state index contributed by atoms with van der Waals surface area (Å²) in [4.78, 5) is 14.2. The van der Waals surface area contributed by atoms with Crippen LogP contribution in [0.1, 0.15) is 33.7 Å². The molecule has 6 nitrogen and oxygen atoms in total. The second kappa shape index (κ2) is 9.06. The summed E-state index contributed by atoms with van der Waals surface area (Å²) in [6.07, 6.45) is 5.61. The number of amides is 1. The highest BCUT2D eigenvalue weighted by molar-refractivity contribution is 5.93. The third-order valence-corrected chi connectivity index (χ3v) is 5.26. The molecule has 0 aliphatic heterocycles. The summed E-state index contributed by atoms with van der Waals surface area (Å²) in [5.74, 6) is 0.851. The minimum absolute atomic E-state index is 0.0297. The monoisotopic (exact) mass is 382 g/mol. The average molecular weight is 383 g/mol. The molecule has 3 rings (SSSR count). The van der Waals surface area contributed by atoms with Gasteiger partial charge in [-0.05, 0) is 49.9 Å². The number of methoxy groups -OCH3 is 1. The van der Waals surface area contributed by atoms with Crippen molar-refractivity contribution in [3.63, 3.8) is 0 Å². The van der Waals surface area contributed by atoms with E-state index in [-0.39, 0.29) is 5.91 Å². The predicted molar refractivity (Wildman–Crippen MR) is 111 cm³/mol. The van der Waals surface area contributed by atoms with Gasteiger partial charge in [0.25, 0.3) is 5.91 Å². The van der Waals surface area contributed by atoms with Crippen molar-refractivity contribution in [2.24, 2.45) is 0 Å². The number of carbonyl (C=O) groups is 1. The highest BCUT2D eigenvalue weighted by atomic mass is 16.5. The van der Waals surface area contributed by atoms with Gasteiger partial charge in [0.05, 0.1) is 13.7 Å². The molecule has 1 heterocycles. The van der Waals surface area contributed by atoms with Gasteiger partial charge < -0.3 is 15.0 Å². The Kier molecular flexibility index (Phi) is 6.52. The number of allylic oxidation sites excluding steroid dienone is 1. The SMILES string of the molecule is C=CCn1nc(C(=O)N(C)C)c2c1CCC(NCCc1ccc(OC)cc1)C2. The molecule has 0 fully saturated rings. The molecule has 28 heavy (non-hydrogen) atoms. The Morgan fingerprint density at radius 2 is 2.14 bits per heavy atom. The Labute approximate surface area is 167 Å². The van der Waals surface area contributed by atoms with Crippen molar-refractivity contribution in [2.45, 2.75) is 38.3 Å². The van der Waals surface area contributed by atoms with E-state index in [0.717, 1.165) is 43.5 Å². The fourth-order valence-corrected chi connectivity index (χ4v) is 3.73. The van der Waals surface area contributed by atoms with Gasteiger partial charge in [-0.25, -0.2) is 0 Å². The van der Waals surface area contributed by atoms with Crippen molar-refractivity contribution >= 4 is 5.91 Å². The number of ether oxygens (including phenoxy) is 1. The Morgan fingerprint density at radius 1 is 1.39 bits per heavy atom. The highest BCUT2D eigenvalue weighted by Gasteiger charge is 2.29. The van der Waals surface area contributed by atoms with Crippen LogP contribution in [0.5, 0.6) is 5.75 Å². The standard InChI is InChI=1S/C22H30N4O2/c1-5-14-26-20-11-8-17(15-19(20)21(24-26)22(27)25(2)3)23-13-12-16-6-9-18(28-4)10-7-16/h5-7,9-10,17,23H,1,8,11-15H2,2-4H3. The van der Waals surface area contributed by atoms with Crippen LogP contribution in [0, 0.1) is 0 Å². The molecule has 1 aliphatic carbocycles. The van der Waals surface area contributed by atoms with Crippen LogP contribution >= 0.6 is 0 Å². The minimum atomic E-state index is -0.0297. The molecule has 0 radical (unpaired) electrons. The first-order valence-electron chi connectivity index (χ1n) is 9.81. The van der Waals surface area contributed by atoms with Gasteiger partial charge in [0.15, 0.2) is 5.69 Å². The maximum Gasteiger partial charge on any atom is 0.274 e. The Bertz CT molecular complexity index is 824. The number of hydrogen-bond donors (Lipinski definition) is 1. The lowest BCUT2D eigenvalue weighted by Crippen LogP contribution is -2.36. The lowest BCUT2D eigenvalue weighted by atomic mass is 9.91. The van der Waals surface area contributed by atoms with Crippen molar-refractivity contribution in [1.82, 2.24) is 20.0 Å². The zero-order chi connectivity index (χ0) is 20.1. The number of carbonyl (C=O) groups excluding carboxylic acids is 1. The highest BCUT2D eigenvalue weighted by Crippen LogP contribution is 2.26. The lowest BCUT2D eigenvalue weighted by molar-refractivity contribution is 0.0820. The summed E-state index contributed by atoms with van der Waals surface area (Å²) < 4.78 is 7.15. The van der Waals surface area contributed by atoms with E-state index in [1.165, 1.54) is 11.3 Å². The van der Waals surface area contributed by atoms with Gasteiger partial charge in [0.1, 0.15) is 5.75 Å². The smallest absolute Gasteiger partial charge is 0.274 e. The Balaban J connectivity index is 1.65. The number of nitrogens with one attached hydrogen (secondary N) is 1. The molecule has 1 amide bonds. The molecule has 1 unspecified atom stereocenters. The molecule has 0 spiro atoms. The number of aromatic nitrogens is 2. The van der Waals surface area contributed by atoms with Gasteiger partial charge in [-0.15, -0.1) is 6.58 Å². The molecule has 0 saturated heterocycles. The molecular formula is C22H30N4O2. The van der Waals surface area contributed by atoms with Crippen LogP contribution < -0.4 is 10.1 Å². The van der Waals surface area contributed by atoms with E-state index in [0.29, 0.717) is 18.3 Å². The van der Waals surface area contributed by atoms with Crippen molar-refractivity contribution in [1.29, 1.82) is 0 Å². The summed E-state index contributed by atoms with van der Waals surface area (Å²) in [6, 6.07) is 8.56. The van der Waals surface area contributed by atoms with Crippen molar-refractivity contribution in [3.8, 4) is 5.75 Å². The Hall–Kier alpha value is -2.60. The van der Waals surface area contributed by atoms with Gasteiger partial charge in [-0.1, -0.05) is 18.2 Å². The molecule has 6 heteroatoms. The zero-order valence-electron chi connectivity index (χ0n) is 17.1. The molecule has 150 valence electrons. The summed E-state index contributed by atoms with van der Waals surface area (Å²) >= 11 is 0. The minimum Gasteiger partial charge on any atom is -0.497 e. The molecule has 2 aromatic rings. The van der Waals surface area contributed by atoms with Gasteiger partial charge in [0.2, 0.25) is 0 Å². The number of rotatable bonds is 8. The third kappa shape index (κ3) is 4.44. The molecule has 1 atom stereocenters. The van der Waals surface area contributed by atoms with E-state index in [2.05, 4.69) is 29.1 Å². The van der Waals surface area contributed by atoms with Gasteiger partial charge >= 0.3 is 0 Å². The number of hydrogen-bond acceptors (Lipinski definition) is 4. The van der Waals surface area contributed by atoms with E-state index >= 15 is 0 Å². The molecule has 0 saturated carbocycles. The van der Waals surface area contributed by atoms with Gasteiger partial charge in [-0.2, -0.15) is 5.10 Å². The van der Waals surface area contributed by atoms with Crippen LogP contribution in [0.15, 0.2) is 36.9 Å². The van der Waals surface area contributed by atoms with E-state index in [1.807, 2.05) is 22.9 Å². The van der Waals surface area contributed by atoms with E-state index < -0.39 is 0 Å². The summed E-state index contributed by atoms with van der Waals surface area (Å²) in [5.41, 5.74) is 4.14. The normalized spacial score (nSPS) is 15.8. The summed E-state index contributed by atoms with van der Waals surface area (Å²) in [5, 5.41) is 8.26. The maximum atomic E-state index is 12.6. The molecule has 0 bridgehead atoms. The molecule has 1 aromatic carbocycles. The lowest BCUT2D eigenvalue weighted by Gasteiger charge is -2.25. The van der Waals surface area contributed by atoms with Crippen LogP contribution in [0.25, 0.3) is 0 Å². The van der Waals surface area contributed by atoms with Crippen molar-refractivity contribution in [2.75, 3.05) is 27.7 Å². The average Bonchev–Trinajstić information content (AvgIpc) is 3.06. The first-order valence-corrected chi connectivity index (χ1v) is 9.81. The molecule has 1 aliphatic rings. The fourth-order valence-electron chi connectivity index (χ4n) is 3.73. The van der Waals surface area contributed by atoms with Crippen LogP contribution in [0.3, 0.4) is 0 Å². The first kappa shape index (κ1) is 20.1. The second-order valence-electron chi connectivity index (χ2n) is 7.44. The largest absolute Gasteiger partial charge is 0.497 e. The maximum absolute atomic E-state index is 12.6. The van der Waals surface area contributed by atoms with E-state index in [9.17, 15) is 4.79 Å². The van der Waals surface area contributed by atoms with Gasteiger partial charge in [0, 0.05) is 31.4 Å². The predicted octanol–water partition coefficient (Wildman–Crippen LogP) is 2.47. The van der Waals surface area contributed by atoms with E-state index in [4.69, 9.17) is 4.74 Å². The quantitative estimate of drug-likeness (QED) is 0.713. The summed E-state index contributed by atoms with van der Waals surface area (Å²) in [7, 11) is 5.23. The van der Waals surface area contributed by atoms with Crippen LogP contribution in [0.4, 0.5) is 0 Å². The third-order valence-electron chi connectivity index (χ3n) is 5.26. The zero-order valence-corrected chi connectivity index (χ0v) is 17.1. The van der Waals surface area contributed by atoms with Crippen LogP contribution in [0.2, 0.25) is 0 Å². The number of fused-ring (bicyclic) bond motifs is 1. The fraction of sp³-hybridized carbons (Fsp3) is 0.455. The topological polar surface area (TPSA) is 59.4 Å². The van der Waals surface area contributed by atoms with Gasteiger partial charge in [-0.3, -0.25) is 9.48 Å². The van der Waals surface area contributed by atoms with E-state index in [1.54, 1.807) is 26.1 Å². The van der Waals surface area contributed by atoms with Crippen molar-refractivity contribution < 1.29 is 9.53 Å². The molecule has 1 N–H and O–H groups in total. The summed E-state index contributed by atoms with van der Waals surface area (Å²) in [6.45, 7) is 5.36.